The van der Waals surface area contributed by atoms with Gasteiger partial charge in [-0.1, -0.05) is 54.4 Å². The molecule has 5 rings (SSSR count). The van der Waals surface area contributed by atoms with Gasteiger partial charge in [-0.3, -0.25) is 0 Å². The Morgan fingerprint density at radius 2 is 0.976 bits per heavy atom. The quantitative estimate of drug-likeness (QED) is 0.294. The van der Waals surface area contributed by atoms with Gasteiger partial charge in [0.2, 0.25) is 0 Å². The van der Waals surface area contributed by atoms with Crippen molar-refractivity contribution in [3.8, 4) is 11.5 Å². The fraction of sp³-hybridized carbons (Fsp3) is 0.838. The van der Waals surface area contributed by atoms with E-state index in [9.17, 15) is 20.4 Å². The number of fused-ring (bicyclic) bond motifs is 2. The highest BCUT2D eigenvalue weighted by atomic mass is 16.3. The van der Waals surface area contributed by atoms with Crippen LogP contribution in [0.4, 0.5) is 0 Å². The Labute approximate surface area is 250 Å². The van der Waals surface area contributed by atoms with Crippen molar-refractivity contribution in [3.63, 3.8) is 0 Å². The normalized spacial score (nSPS) is 43.7. The van der Waals surface area contributed by atoms with E-state index in [4.69, 9.17) is 0 Å². The maximum atomic E-state index is 11.9. The smallest absolute Gasteiger partial charge is 0.122 e. The fourth-order valence-electron chi connectivity index (χ4n) is 11.9. The highest BCUT2D eigenvalue weighted by Crippen LogP contribution is 2.64. The summed E-state index contributed by atoms with van der Waals surface area (Å²) in [5.74, 6) is 1.40. The summed E-state index contributed by atoms with van der Waals surface area (Å²) < 4.78 is 0. The number of benzene rings is 1. The fourth-order valence-corrected chi connectivity index (χ4v) is 11.9. The van der Waals surface area contributed by atoms with E-state index in [1.807, 2.05) is 13.8 Å². The highest BCUT2D eigenvalue weighted by Gasteiger charge is 2.59. The molecule has 0 bridgehead atoms. The van der Waals surface area contributed by atoms with E-state index in [1.165, 1.54) is 25.7 Å². The Balaban J connectivity index is 1.54. The van der Waals surface area contributed by atoms with Crippen molar-refractivity contribution in [2.24, 2.45) is 45.3 Å². The topological polar surface area (TPSA) is 80.9 Å². The number of phenolic OH excluding ortho intramolecular Hbond substituents is 2. The lowest BCUT2D eigenvalue weighted by Crippen LogP contribution is -2.58. The molecule has 0 unspecified atom stereocenters. The minimum atomic E-state index is -0.809. The monoisotopic (exact) mass is 568 g/mol. The number of rotatable bonds is 4. The third-order valence-corrected chi connectivity index (χ3v) is 14.1. The van der Waals surface area contributed by atoms with Crippen LogP contribution in [-0.2, 0) is 12.8 Å². The molecule has 0 saturated heterocycles. The summed E-state index contributed by atoms with van der Waals surface area (Å²) in [5, 5.41) is 46.3. The zero-order valence-electron chi connectivity index (χ0n) is 27.7. The second-order valence-corrected chi connectivity index (χ2v) is 17.6. The molecule has 8 atom stereocenters. The van der Waals surface area contributed by atoms with Crippen molar-refractivity contribution in [1.29, 1.82) is 0 Å². The van der Waals surface area contributed by atoms with Crippen LogP contribution in [0.5, 0.6) is 11.5 Å². The lowest BCUT2D eigenvalue weighted by atomic mass is 9.44. The van der Waals surface area contributed by atoms with Crippen LogP contribution < -0.4 is 0 Å². The molecule has 0 spiro atoms. The van der Waals surface area contributed by atoms with E-state index < -0.39 is 11.2 Å². The zero-order valence-corrected chi connectivity index (χ0v) is 27.7. The van der Waals surface area contributed by atoms with Crippen molar-refractivity contribution in [2.75, 3.05) is 0 Å². The Bertz CT molecular complexity index is 1080. The minimum absolute atomic E-state index is 0.0121. The van der Waals surface area contributed by atoms with Gasteiger partial charge >= 0.3 is 0 Å². The van der Waals surface area contributed by atoms with Crippen LogP contribution in [0.2, 0.25) is 0 Å². The maximum Gasteiger partial charge on any atom is 0.122 e. The van der Waals surface area contributed by atoms with Gasteiger partial charge in [-0.2, -0.15) is 0 Å². The Kier molecular flexibility index (Phi) is 7.51. The second-order valence-electron chi connectivity index (χ2n) is 17.6. The zero-order chi connectivity index (χ0) is 30.4. The van der Waals surface area contributed by atoms with Crippen LogP contribution in [-0.4, -0.2) is 31.6 Å². The van der Waals surface area contributed by atoms with Crippen LogP contribution in [0.25, 0.3) is 0 Å². The number of hydrogen-bond acceptors (Lipinski definition) is 4. The summed E-state index contributed by atoms with van der Waals surface area (Å²) in [7, 11) is 0. The van der Waals surface area contributed by atoms with Crippen molar-refractivity contribution in [3.05, 3.63) is 22.8 Å². The van der Waals surface area contributed by atoms with Gasteiger partial charge in [-0.25, -0.2) is 0 Å². The summed E-state index contributed by atoms with van der Waals surface area (Å²) in [4.78, 5) is 0. The molecule has 41 heavy (non-hydrogen) atoms. The Hall–Kier alpha value is -1.26. The molecule has 4 N–H and O–H groups in total. The summed E-state index contributed by atoms with van der Waals surface area (Å²) in [6.07, 6.45) is 11.9. The van der Waals surface area contributed by atoms with Gasteiger partial charge in [0.15, 0.2) is 0 Å². The summed E-state index contributed by atoms with van der Waals surface area (Å²) in [6, 6.07) is 1.54. The van der Waals surface area contributed by atoms with Crippen LogP contribution in [0, 0.1) is 52.3 Å². The van der Waals surface area contributed by atoms with E-state index in [-0.39, 0.29) is 45.0 Å². The lowest BCUT2D eigenvalue weighted by Gasteiger charge is -2.61. The van der Waals surface area contributed by atoms with Crippen molar-refractivity contribution < 1.29 is 20.4 Å². The molecular weight excluding hydrogens is 508 g/mol. The molecule has 0 aromatic heterocycles. The van der Waals surface area contributed by atoms with E-state index in [0.717, 1.165) is 55.2 Å². The van der Waals surface area contributed by atoms with Gasteiger partial charge < -0.3 is 20.4 Å². The third kappa shape index (κ3) is 4.95. The number of hydrogen-bond donors (Lipinski definition) is 4. The molecule has 4 heteroatoms. The lowest BCUT2D eigenvalue weighted by molar-refractivity contribution is -0.166. The minimum Gasteiger partial charge on any atom is -0.508 e. The van der Waals surface area contributed by atoms with Crippen LogP contribution in [0.1, 0.15) is 136 Å². The second kappa shape index (κ2) is 9.88. The molecular formula is C37H60O4. The largest absolute Gasteiger partial charge is 0.508 e. The van der Waals surface area contributed by atoms with Crippen molar-refractivity contribution >= 4 is 0 Å². The highest BCUT2D eigenvalue weighted by molar-refractivity contribution is 5.52. The average Bonchev–Trinajstić information content (AvgIpc) is 2.80. The molecule has 1 aromatic carbocycles. The van der Waals surface area contributed by atoms with Crippen molar-refractivity contribution in [2.45, 2.75) is 151 Å². The maximum absolute atomic E-state index is 11.9. The van der Waals surface area contributed by atoms with Gasteiger partial charge in [0.1, 0.15) is 11.5 Å². The first-order chi connectivity index (χ1) is 18.8. The molecule has 4 aliphatic carbocycles. The van der Waals surface area contributed by atoms with Gasteiger partial charge in [0.25, 0.3) is 0 Å². The molecule has 4 nitrogen and oxygen atoms in total. The molecule has 232 valence electrons. The number of phenols is 2. The van der Waals surface area contributed by atoms with E-state index in [1.54, 1.807) is 6.07 Å². The molecule has 0 heterocycles. The van der Waals surface area contributed by atoms with Crippen LogP contribution in [0.15, 0.2) is 6.07 Å². The Morgan fingerprint density at radius 3 is 1.34 bits per heavy atom. The molecule has 4 aliphatic rings. The number of aliphatic hydroxyl groups is 2. The molecule has 0 aliphatic heterocycles. The first kappa shape index (κ1) is 31.2. The molecule has 4 fully saturated rings. The standard InChI is InChI=1S/C37H60O4/c1-23-24(20-30-34(6)16-10-14-32(2,3)28(34)12-18-36(30,8)40)26(38)22-27(39)25(23)21-31-35(7)17-11-15-33(4,5)29(35)13-19-37(31,9)41/h22,28-31,38-41H,10-21H2,1-9H3/t28-,29+,30-,31-,34+,35+,36+,37-/m1/s1. The predicted molar refractivity (Wildman–Crippen MR) is 167 cm³/mol. The number of aromatic hydroxyl groups is 2. The predicted octanol–water partition coefficient (Wildman–Crippen LogP) is 8.48. The van der Waals surface area contributed by atoms with Crippen molar-refractivity contribution in [1.82, 2.24) is 0 Å². The van der Waals surface area contributed by atoms with Crippen LogP contribution >= 0.6 is 0 Å². The van der Waals surface area contributed by atoms with Gasteiger partial charge in [0, 0.05) is 6.07 Å². The molecule has 1 aromatic rings. The Morgan fingerprint density at radius 1 is 0.610 bits per heavy atom. The van der Waals surface area contributed by atoms with E-state index in [0.29, 0.717) is 24.7 Å². The first-order valence-corrected chi connectivity index (χ1v) is 16.7. The van der Waals surface area contributed by atoms with Gasteiger partial charge in [-0.15, -0.1) is 0 Å². The third-order valence-electron chi connectivity index (χ3n) is 14.1. The van der Waals surface area contributed by atoms with Crippen LogP contribution in [0.3, 0.4) is 0 Å². The van der Waals surface area contributed by atoms with Gasteiger partial charge in [0.05, 0.1) is 11.2 Å². The van der Waals surface area contributed by atoms with E-state index in [2.05, 4.69) is 48.5 Å². The summed E-state index contributed by atoms with van der Waals surface area (Å²) in [5.41, 5.74) is 1.52. The average molecular weight is 569 g/mol. The molecule has 4 saturated carbocycles. The SMILES string of the molecule is Cc1c(C[C@@H]2[C@@]3(C)CCCC(C)(C)[C@H]3CC[C@]2(C)O)c(O)cc(O)c1C[C@@H]1[C@@]2(C)CCCC(C)(C)[C@@H]2CC[C@@]1(C)O. The molecule has 0 radical (unpaired) electrons. The summed E-state index contributed by atoms with van der Waals surface area (Å²) >= 11 is 0. The van der Waals surface area contributed by atoms with E-state index >= 15 is 0 Å². The summed E-state index contributed by atoms with van der Waals surface area (Å²) in [6.45, 7) is 20.5. The first-order valence-electron chi connectivity index (χ1n) is 16.7. The molecule has 0 amide bonds. The van der Waals surface area contributed by atoms with Gasteiger partial charge in [-0.05, 0) is 147 Å².